The molecular formula is C15H11ClF3NO4S. The summed E-state index contributed by atoms with van der Waals surface area (Å²) >= 11 is 5.46. The molecule has 0 spiro atoms. The number of hydrogen-bond donors (Lipinski definition) is 1. The highest BCUT2D eigenvalue weighted by atomic mass is 35.5. The van der Waals surface area contributed by atoms with E-state index in [1.807, 2.05) is 0 Å². The van der Waals surface area contributed by atoms with Gasteiger partial charge in [0.25, 0.3) is 0 Å². The van der Waals surface area contributed by atoms with Crippen molar-refractivity contribution in [2.75, 3.05) is 5.32 Å². The van der Waals surface area contributed by atoms with Crippen LogP contribution in [0, 0.1) is 0 Å². The molecule has 10 heteroatoms. The van der Waals surface area contributed by atoms with Gasteiger partial charge in [0.05, 0.1) is 10.6 Å². The molecule has 2 aromatic rings. The molecule has 0 radical (unpaired) electrons. The third kappa shape index (κ3) is 4.86. The third-order valence-corrected chi connectivity index (χ3v) is 4.49. The number of carbonyl (C=O) groups excluding carboxylic acids is 1. The summed E-state index contributed by atoms with van der Waals surface area (Å²) in [5.41, 5.74) is -0.872. The summed E-state index contributed by atoms with van der Waals surface area (Å²) in [7, 11) is -4.49. The number of anilines is 1. The lowest BCUT2D eigenvalue weighted by atomic mass is 10.2. The Labute approximate surface area is 146 Å². The van der Waals surface area contributed by atoms with E-state index in [2.05, 4.69) is 5.32 Å². The first-order chi connectivity index (χ1) is 11.5. The van der Waals surface area contributed by atoms with Crippen LogP contribution in [0.4, 0.5) is 18.9 Å². The van der Waals surface area contributed by atoms with Gasteiger partial charge in [0.2, 0.25) is 5.91 Å². The van der Waals surface area contributed by atoms with Crippen LogP contribution in [0.3, 0.4) is 0 Å². The highest BCUT2D eigenvalue weighted by Crippen LogP contribution is 2.36. The first kappa shape index (κ1) is 19.1. The number of rotatable bonds is 4. The van der Waals surface area contributed by atoms with Crippen LogP contribution in [0.25, 0.3) is 0 Å². The van der Waals surface area contributed by atoms with Gasteiger partial charge in [0.1, 0.15) is 10.6 Å². The van der Waals surface area contributed by atoms with E-state index in [0.29, 0.717) is 11.8 Å². The summed E-state index contributed by atoms with van der Waals surface area (Å²) in [5.74, 6) is -0.445. The van der Waals surface area contributed by atoms with E-state index >= 15 is 0 Å². The number of alkyl halides is 3. The van der Waals surface area contributed by atoms with Crippen molar-refractivity contribution in [1.29, 1.82) is 0 Å². The van der Waals surface area contributed by atoms with Crippen LogP contribution in [0.2, 0.25) is 5.02 Å². The summed E-state index contributed by atoms with van der Waals surface area (Å²) < 4.78 is 67.6. The maximum atomic E-state index is 12.8. The molecule has 0 aliphatic rings. The second-order valence-corrected chi connectivity index (χ2v) is 6.84. The lowest BCUT2D eigenvalue weighted by Crippen LogP contribution is -2.13. The van der Waals surface area contributed by atoms with E-state index in [0.717, 1.165) is 12.1 Å². The molecule has 0 aliphatic carbocycles. The molecule has 0 fully saturated rings. The highest BCUT2D eigenvalue weighted by molar-refractivity contribution is 7.87. The van der Waals surface area contributed by atoms with E-state index < -0.39 is 31.8 Å². The molecule has 0 saturated carbocycles. The minimum atomic E-state index is -4.80. The highest BCUT2D eigenvalue weighted by Gasteiger charge is 2.34. The van der Waals surface area contributed by atoms with Gasteiger partial charge in [0.15, 0.2) is 0 Å². The molecule has 0 atom stereocenters. The molecule has 2 rings (SSSR count). The maximum Gasteiger partial charge on any atom is 0.417 e. The molecular weight excluding hydrogens is 383 g/mol. The number of halogens is 4. The molecule has 0 saturated heterocycles. The summed E-state index contributed by atoms with van der Waals surface area (Å²) in [6.07, 6.45) is -4.80. The summed E-state index contributed by atoms with van der Waals surface area (Å²) in [6, 6.07) is 7.43. The molecule has 1 N–H and O–H groups in total. The van der Waals surface area contributed by atoms with Crippen molar-refractivity contribution in [2.45, 2.75) is 18.0 Å². The van der Waals surface area contributed by atoms with Crippen molar-refractivity contribution in [3.05, 3.63) is 53.1 Å². The normalized spacial score (nSPS) is 11.9. The minimum Gasteiger partial charge on any atom is -0.379 e. The molecule has 2 aromatic carbocycles. The summed E-state index contributed by atoms with van der Waals surface area (Å²) in [6.45, 7) is 1.30. The SMILES string of the molecule is CC(=O)Nc1ccc(OS(=O)(=O)c2ccc(Cl)c(C(F)(F)F)c2)cc1. The van der Waals surface area contributed by atoms with Crippen molar-refractivity contribution in [3.63, 3.8) is 0 Å². The third-order valence-electron chi connectivity index (χ3n) is 2.91. The standard InChI is InChI=1S/C15H11ClF3NO4S/c1-9(21)20-10-2-4-11(5-3-10)24-25(22,23)12-6-7-14(16)13(8-12)15(17,18)19/h2-8H,1H3,(H,20,21). The van der Waals surface area contributed by atoms with Crippen LogP contribution in [0.15, 0.2) is 47.4 Å². The van der Waals surface area contributed by atoms with Crippen LogP contribution >= 0.6 is 11.6 Å². The van der Waals surface area contributed by atoms with Gasteiger partial charge in [-0.2, -0.15) is 21.6 Å². The Morgan fingerprint density at radius 1 is 1.12 bits per heavy atom. The topological polar surface area (TPSA) is 72.5 Å². The second kappa shape index (κ2) is 6.93. The smallest absolute Gasteiger partial charge is 0.379 e. The number of amides is 1. The molecule has 0 bridgehead atoms. The van der Waals surface area contributed by atoms with Gasteiger partial charge in [-0.05, 0) is 42.5 Å². The number of carbonyl (C=O) groups is 1. The first-order valence-corrected chi connectivity index (χ1v) is 8.46. The van der Waals surface area contributed by atoms with Crippen molar-refractivity contribution >= 4 is 33.3 Å². The van der Waals surface area contributed by atoms with Crippen LogP contribution in [0.1, 0.15) is 12.5 Å². The Balaban J connectivity index is 2.29. The largest absolute Gasteiger partial charge is 0.417 e. The molecule has 25 heavy (non-hydrogen) atoms. The Hall–Kier alpha value is -2.26. The van der Waals surface area contributed by atoms with E-state index in [1.54, 1.807) is 0 Å². The van der Waals surface area contributed by atoms with Crippen LogP contribution in [-0.2, 0) is 21.1 Å². The average Bonchev–Trinajstić information content (AvgIpc) is 2.47. The van der Waals surface area contributed by atoms with Gasteiger partial charge in [0, 0.05) is 12.6 Å². The van der Waals surface area contributed by atoms with Crippen LogP contribution < -0.4 is 9.50 Å². The second-order valence-electron chi connectivity index (χ2n) is 4.88. The van der Waals surface area contributed by atoms with E-state index in [-0.39, 0.29) is 11.7 Å². The summed E-state index contributed by atoms with van der Waals surface area (Å²) in [5, 5.41) is 1.85. The van der Waals surface area contributed by atoms with E-state index in [9.17, 15) is 26.4 Å². The fourth-order valence-corrected chi connectivity index (χ4v) is 3.03. The van der Waals surface area contributed by atoms with Crippen molar-refractivity contribution in [2.24, 2.45) is 0 Å². The van der Waals surface area contributed by atoms with Crippen LogP contribution in [0.5, 0.6) is 5.75 Å². The Morgan fingerprint density at radius 3 is 2.24 bits per heavy atom. The lowest BCUT2D eigenvalue weighted by Gasteiger charge is -2.12. The first-order valence-electron chi connectivity index (χ1n) is 6.68. The molecule has 0 heterocycles. The molecule has 5 nitrogen and oxygen atoms in total. The van der Waals surface area contributed by atoms with Crippen molar-refractivity contribution < 1.29 is 30.6 Å². The molecule has 0 aliphatic heterocycles. The predicted molar refractivity (Wildman–Crippen MR) is 85.0 cm³/mol. The zero-order valence-electron chi connectivity index (χ0n) is 12.6. The zero-order chi connectivity index (χ0) is 18.8. The van der Waals surface area contributed by atoms with Crippen LogP contribution in [-0.4, -0.2) is 14.3 Å². The predicted octanol–water partition coefficient (Wildman–Crippen LogP) is 4.08. The Kier molecular flexibility index (Phi) is 5.28. The van der Waals surface area contributed by atoms with Crippen molar-refractivity contribution in [3.8, 4) is 5.75 Å². The number of nitrogens with one attached hydrogen (secondary N) is 1. The molecule has 1 amide bonds. The fourth-order valence-electron chi connectivity index (χ4n) is 1.85. The summed E-state index contributed by atoms with van der Waals surface area (Å²) in [4.78, 5) is 10.2. The molecule has 134 valence electrons. The average molecular weight is 394 g/mol. The van der Waals surface area contributed by atoms with Gasteiger partial charge in [-0.25, -0.2) is 0 Å². The van der Waals surface area contributed by atoms with Gasteiger partial charge in [-0.3, -0.25) is 4.79 Å². The quantitative estimate of drug-likeness (QED) is 0.794. The Bertz CT molecular complexity index is 896. The number of benzene rings is 2. The van der Waals surface area contributed by atoms with Crippen molar-refractivity contribution in [1.82, 2.24) is 0 Å². The van der Waals surface area contributed by atoms with Gasteiger partial charge in [-0.1, -0.05) is 11.6 Å². The maximum absolute atomic E-state index is 12.8. The lowest BCUT2D eigenvalue weighted by molar-refractivity contribution is -0.137. The van der Waals surface area contributed by atoms with Gasteiger partial charge < -0.3 is 9.50 Å². The molecule has 0 unspecified atom stereocenters. The monoisotopic (exact) mass is 393 g/mol. The zero-order valence-corrected chi connectivity index (χ0v) is 14.2. The van der Waals surface area contributed by atoms with E-state index in [1.165, 1.54) is 31.2 Å². The van der Waals surface area contributed by atoms with Gasteiger partial charge in [-0.15, -0.1) is 0 Å². The fraction of sp³-hybridized carbons (Fsp3) is 0.133. The van der Waals surface area contributed by atoms with Gasteiger partial charge >= 0.3 is 16.3 Å². The number of hydrogen-bond acceptors (Lipinski definition) is 4. The Morgan fingerprint density at radius 2 is 1.72 bits per heavy atom. The van der Waals surface area contributed by atoms with E-state index in [4.69, 9.17) is 15.8 Å². The minimum absolute atomic E-state index is 0.127. The molecule has 0 aromatic heterocycles.